The molecule has 0 unspecified atom stereocenters. The molecule has 0 aromatic carbocycles. The third kappa shape index (κ3) is 4.55. The van der Waals surface area contributed by atoms with Crippen molar-refractivity contribution < 1.29 is 4.79 Å². The van der Waals surface area contributed by atoms with Gasteiger partial charge in [0.15, 0.2) is 0 Å². The topological polar surface area (TPSA) is 73.1 Å². The Labute approximate surface area is 135 Å². The largest absolute Gasteiger partial charge is 0.352 e. The van der Waals surface area contributed by atoms with Crippen molar-refractivity contribution in [1.29, 1.82) is 0 Å². The highest BCUT2D eigenvalue weighted by atomic mass is 16.2. The summed E-state index contributed by atoms with van der Waals surface area (Å²) in [6.07, 6.45) is 12.1. The lowest BCUT2D eigenvalue weighted by atomic mass is 9.97. The number of hydrogen-bond acceptors (Lipinski definition) is 3. The molecule has 0 aliphatic heterocycles. The van der Waals surface area contributed by atoms with Gasteiger partial charge in [0.1, 0.15) is 0 Å². The molecule has 1 amide bonds. The average Bonchev–Trinajstić information content (AvgIpc) is 2.56. The fourth-order valence-corrected chi connectivity index (χ4v) is 2.65. The second-order valence-corrected chi connectivity index (χ2v) is 5.82. The Balaban J connectivity index is 1.92. The second kappa shape index (κ2) is 7.76. The van der Waals surface area contributed by atoms with Crippen molar-refractivity contribution in [1.82, 2.24) is 14.5 Å². The van der Waals surface area contributed by atoms with E-state index in [0.717, 1.165) is 23.8 Å². The number of rotatable bonds is 5. The number of amides is 1. The third-order valence-corrected chi connectivity index (χ3v) is 4.02. The predicted molar refractivity (Wildman–Crippen MR) is 90.1 cm³/mol. The van der Waals surface area contributed by atoms with Gasteiger partial charge in [0.05, 0.1) is 5.56 Å². The molecule has 1 aliphatic rings. The van der Waals surface area contributed by atoms with Crippen molar-refractivity contribution in [2.75, 3.05) is 6.54 Å². The van der Waals surface area contributed by atoms with Gasteiger partial charge in [-0.05, 0) is 38.2 Å². The van der Waals surface area contributed by atoms with Crippen LogP contribution >= 0.6 is 0 Å². The van der Waals surface area contributed by atoms with Gasteiger partial charge in [-0.1, -0.05) is 11.6 Å². The molecule has 1 N–H and O–H groups in total. The van der Waals surface area contributed by atoms with E-state index in [-0.39, 0.29) is 5.91 Å². The molecule has 6 nitrogen and oxygen atoms in total. The minimum Gasteiger partial charge on any atom is -0.352 e. The average molecular weight is 317 g/mol. The van der Waals surface area contributed by atoms with Gasteiger partial charge in [0, 0.05) is 32.9 Å². The highest BCUT2D eigenvalue weighted by Gasteiger charge is 2.06. The zero-order valence-corrected chi connectivity index (χ0v) is 13.7. The van der Waals surface area contributed by atoms with Crippen LogP contribution in [0.25, 0.3) is 6.08 Å². The summed E-state index contributed by atoms with van der Waals surface area (Å²) in [5, 5.41) is 2.82. The van der Waals surface area contributed by atoms with Crippen molar-refractivity contribution in [2.24, 2.45) is 14.1 Å². The van der Waals surface area contributed by atoms with Crippen LogP contribution in [-0.4, -0.2) is 21.6 Å². The molecule has 124 valence electrons. The first-order chi connectivity index (χ1) is 11.0. The lowest BCUT2D eigenvalue weighted by molar-refractivity contribution is -0.116. The van der Waals surface area contributed by atoms with Crippen molar-refractivity contribution in [2.45, 2.75) is 32.1 Å². The Morgan fingerprint density at radius 3 is 2.78 bits per heavy atom. The molecule has 0 radical (unpaired) electrons. The van der Waals surface area contributed by atoms with E-state index < -0.39 is 11.2 Å². The van der Waals surface area contributed by atoms with Gasteiger partial charge in [-0.25, -0.2) is 4.79 Å². The summed E-state index contributed by atoms with van der Waals surface area (Å²) in [4.78, 5) is 35.3. The van der Waals surface area contributed by atoms with Gasteiger partial charge in [0.2, 0.25) is 5.91 Å². The third-order valence-electron chi connectivity index (χ3n) is 4.02. The number of allylic oxidation sites excluding steroid dienone is 1. The van der Waals surface area contributed by atoms with Crippen LogP contribution in [0.2, 0.25) is 0 Å². The van der Waals surface area contributed by atoms with Gasteiger partial charge in [0.25, 0.3) is 5.56 Å². The summed E-state index contributed by atoms with van der Waals surface area (Å²) in [5.41, 5.74) is 0.911. The molecule has 0 bridgehead atoms. The zero-order valence-electron chi connectivity index (χ0n) is 13.7. The van der Waals surface area contributed by atoms with Crippen LogP contribution in [0, 0.1) is 0 Å². The van der Waals surface area contributed by atoms with E-state index in [1.807, 2.05) is 0 Å². The smallest absolute Gasteiger partial charge is 0.330 e. The Morgan fingerprint density at radius 2 is 2.09 bits per heavy atom. The van der Waals surface area contributed by atoms with E-state index >= 15 is 0 Å². The highest BCUT2D eigenvalue weighted by molar-refractivity contribution is 5.91. The van der Waals surface area contributed by atoms with Gasteiger partial charge in [-0.2, -0.15) is 0 Å². The molecule has 2 rings (SSSR count). The van der Waals surface area contributed by atoms with Crippen molar-refractivity contribution in [3.8, 4) is 0 Å². The molecule has 1 heterocycles. The van der Waals surface area contributed by atoms with E-state index in [2.05, 4.69) is 11.4 Å². The number of nitrogens with one attached hydrogen (secondary N) is 1. The van der Waals surface area contributed by atoms with Crippen LogP contribution in [0.4, 0.5) is 0 Å². The Morgan fingerprint density at radius 1 is 1.30 bits per heavy atom. The van der Waals surface area contributed by atoms with Crippen LogP contribution in [0.1, 0.15) is 37.7 Å². The maximum atomic E-state index is 11.9. The van der Waals surface area contributed by atoms with Crippen LogP contribution < -0.4 is 16.6 Å². The first kappa shape index (κ1) is 17.0. The SMILES string of the molecule is Cn1cc(/C=C/C(=O)NCCC2=CCCCC2)c(=O)n(C)c1=O. The minimum atomic E-state index is -0.412. The van der Waals surface area contributed by atoms with E-state index in [1.165, 1.54) is 48.4 Å². The van der Waals surface area contributed by atoms with Crippen molar-refractivity contribution in [3.63, 3.8) is 0 Å². The fourth-order valence-electron chi connectivity index (χ4n) is 2.65. The molecule has 0 spiro atoms. The van der Waals surface area contributed by atoms with E-state index in [1.54, 1.807) is 7.05 Å². The summed E-state index contributed by atoms with van der Waals surface area (Å²) >= 11 is 0. The number of aromatic nitrogens is 2. The molecule has 0 saturated heterocycles. The molecule has 0 atom stereocenters. The Bertz CT molecular complexity index is 753. The first-order valence-electron chi connectivity index (χ1n) is 7.89. The van der Waals surface area contributed by atoms with Crippen LogP contribution in [0.15, 0.2) is 33.5 Å². The maximum Gasteiger partial charge on any atom is 0.330 e. The zero-order chi connectivity index (χ0) is 16.8. The molecule has 0 fully saturated rings. The molecular formula is C17H23N3O3. The fraction of sp³-hybridized carbons (Fsp3) is 0.471. The quantitative estimate of drug-likeness (QED) is 0.653. The monoisotopic (exact) mass is 317 g/mol. The first-order valence-corrected chi connectivity index (χ1v) is 7.89. The molecule has 23 heavy (non-hydrogen) atoms. The molecule has 0 saturated carbocycles. The standard InChI is InChI=1S/C17H23N3O3/c1-19-12-14(16(22)20(2)17(19)23)8-9-15(21)18-11-10-13-6-4-3-5-7-13/h6,8-9,12H,3-5,7,10-11H2,1-2H3,(H,18,21)/b9-8+. The lowest BCUT2D eigenvalue weighted by Gasteiger charge is -2.12. The van der Waals surface area contributed by atoms with Crippen LogP contribution in [0.5, 0.6) is 0 Å². The summed E-state index contributed by atoms with van der Waals surface area (Å²) in [6, 6.07) is 0. The summed E-state index contributed by atoms with van der Waals surface area (Å²) in [7, 11) is 2.98. The summed E-state index contributed by atoms with van der Waals surface area (Å²) in [6.45, 7) is 0.598. The van der Waals surface area contributed by atoms with Crippen LogP contribution in [0.3, 0.4) is 0 Å². The molecular weight excluding hydrogens is 294 g/mol. The normalized spacial score (nSPS) is 14.8. The number of carbonyl (C=O) groups is 1. The minimum absolute atomic E-state index is 0.239. The Hall–Kier alpha value is -2.37. The van der Waals surface area contributed by atoms with E-state index in [0.29, 0.717) is 12.1 Å². The highest BCUT2D eigenvalue weighted by Crippen LogP contribution is 2.19. The van der Waals surface area contributed by atoms with E-state index in [4.69, 9.17) is 0 Å². The number of aryl methyl sites for hydroxylation is 1. The van der Waals surface area contributed by atoms with Crippen molar-refractivity contribution >= 4 is 12.0 Å². The maximum absolute atomic E-state index is 11.9. The molecule has 6 heteroatoms. The van der Waals surface area contributed by atoms with Gasteiger partial charge in [-0.15, -0.1) is 0 Å². The van der Waals surface area contributed by atoms with Gasteiger partial charge in [-0.3, -0.25) is 14.2 Å². The van der Waals surface area contributed by atoms with Crippen LogP contribution in [-0.2, 0) is 18.9 Å². The summed E-state index contributed by atoms with van der Waals surface area (Å²) < 4.78 is 2.33. The summed E-state index contributed by atoms with van der Waals surface area (Å²) in [5.74, 6) is -0.239. The number of carbonyl (C=O) groups excluding carboxylic acids is 1. The molecule has 1 aliphatic carbocycles. The molecule has 1 aromatic heterocycles. The van der Waals surface area contributed by atoms with Crippen molar-refractivity contribution in [3.05, 3.63) is 50.3 Å². The Kier molecular flexibility index (Phi) is 5.73. The lowest BCUT2D eigenvalue weighted by Crippen LogP contribution is -2.37. The number of hydrogen-bond donors (Lipinski definition) is 1. The van der Waals surface area contributed by atoms with E-state index in [9.17, 15) is 14.4 Å². The molecule has 1 aromatic rings. The second-order valence-electron chi connectivity index (χ2n) is 5.82. The predicted octanol–water partition coefficient (Wildman–Crippen LogP) is 1.10. The number of nitrogens with zero attached hydrogens (tertiary/aromatic N) is 2. The van der Waals surface area contributed by atoms with Gasteiger partial charge >= 0.3 is 5.69 Å². The van der Waals surface area contributed by atoms with Gasteiger partial charge < -0.3 is 9.88 Å².